The van der Waals surface area contributed by atoms with Gasteiger partial charge in [0.05, 0.1) is 0 Å². The van der Waals surface area contributed by atoms with Crippen molar-refractivity contribution in [1.82, 2.24) is 0 Å². The van der Waals surface area contributed by atoms with Crippen LogP contribution in [0.5, 0.6) is 0 Å². The molecule has 0 radical (unpaired) electrons. The minimum absolute atomic E-state index is 0.338. The second-order valence-corrected chi connectivity index (χ2v) is 1.74. The van der Waals surface area contributed by atoms with E-state index in [0.29, 0.717) is 12.1 Å². The molecular formula is C7H5F3. The van der Waals surface area contributed by atoms with E-state index in [9.17, 15) is 13.2 Å². The van der Waals surface area contributed by atoms with Gasteiger partial charge in [0.15, 0.2) is 0 Å². The van der Waals surface area contributed by atoms with E-state index in [1.54, 1.807) is 0 Å². The van der Waals surface area contributed by atoms with Crippen molar-refractivity contribution in [2.45, 2.75) is 6.85 Å². The first-order valence-electron chi connectivity index (χ1n) is 3.97. The number of rotatable bonds is 0. The number of hydrogen-bond acceptors (Lipinski definition) is 0. The zero-order chi connectivity index (χ0) is 10.2. The molecule has 0 saturated heterocycles. The number of hydrogen-bond donors (Lipinski definition) is 0. The molecule has 0 spiro atoms. The lowest BCUT2D eigenvalue weighted by Gasteiger charge is -1.96. The van der Waals surface area contributed by atoms with E-state index < -0.39 is 29.9 Å². The van der Waals surface area contributed by atoms with Gasteiger partial charge < -0.3 is 0 Å². The molecule has 0 nitrogen and oxygen atoms in total. The molecule has 0 bridgehead atoms. The molecule has 1 rings (SSSR count). The van der Waals surface area contributed by atoms with Crippen molar-refractivity contribution in [3.8, 4) is 0 Å². The van der Waals surface area contributed by atoms with Crippen molar-refractivity contribution >= 4 is 0 Å². The Balaban J connectivity index is 3.38. The normalized spacial score (nSPS) is 15.7. The second-order valence-electron chi connectivity index (χ2n) is 1.74. The van der Waals surface area contributed by atoms with Crippen molar-refractivity contribution in [2.24, 2.45) is 0 Å². The average molecular weight is 149 g/mol. The van der Waals surface area contributed by atoms with Gasteiger partial charge >= 0.3 is 0 Å². The Bertz CT molecular complexity index is 309. The third kappa shape index (κ3) is 1.12. The molecule has 0 N–H and O–H groups in total. The minimum Gasteiger partial charge on any atom is -0.207 e. The zero-order valence-electron chi connectivity index (χ0n) is 7.79. The van der Waals surface area contributed by atoms with Crippen LogP contribution in [0.25, 0.3) is 0 Å². The van der Waals surface area contributed by atoms with E-state index in [-0.39, 0.29) is 0 Å². The van der Waals surface area contributed by atoms with Crippen molar-refractivity contribution in [1.29, 1.82) is 0 Å². The summed E-state index contributed by atoms with van der Waals surface area (Å²) in [5.74, 6) is -3.92. The van der Waals surface area contributed by atoms with Gasteiger partial charge in [0.25, 0.3) is 0 Å². The lowest BCUT2D eigenvalue weighted by molar-refractivity contribution is 0.532. The molecule has 0 aliphatic heterocycles. The summed E-state index contributed by atoms with van der Waals surface area (Å²) in [6.07, 6.45) is 0. The Labute approximate surface area is 60.5 Å². The molecule has 0 aromatic heterocycles. The SMILES string of the molecule is [2H]C([2H])([2H])c1c(F)cc(F)cc1F. The minimum atomic E-state index is -2.90. The smallest absolute Gasteiger partial charge is 0.131 e. The molecule has 1 aromatic rings. The predicted molar refractivity (Wildman–Crippen MR) is 31.1 cm³/mol. The van der Waals surface area contributed by atoms with Gasteiger partial charge in [-0.05, 0) is 6.85 Å². The summed E-state index contributed by atoms with van der Waals surface area (Å²) < 4.78 is 58.1. The third-order valence-electron chi connectivity index (χ3n) is 1.01. The topological polar surface area (TPSA) is 0 Å². The summed E-state index contributed by atoms with van der Waals surface area (Å²) in [4.78, 5) is 0. The van der Waals surface area contributed by atoms with Crippen LogP contribution in [0.15, 0.2) is 12.1 Å². The maximum Gasteiger partial charge on any atom is 0.131 e. The molecule has 0 unspecified atom stereocenters. The highest BCUT2D eigenvalue weighted by Gasteiger charge is 2.05. The van der Waals surface area contributed by atoms with E-state index in [4.69, 9.17) is 4.11 Å². The standard InChI is InChI=1S/C7H5F3/c1-4-6(9)2-5(8)3-7(4)10/h2-3H,1H3/i1D3. The quantitative estimate of drug-likeness (QED) is 0.531. The molecule has 3 heteroatoms. The molecule has 0 saturated carbocycles. The molecule has 0 fully saturated rings. The van der Waals surface area contributed by atoms with Crippen molar-refractivity contribution in [3.63, 3.8) is 0 Å². The largest absolute Gasteiger partial charge is 0.207 e. The molecule has 54 valence electrons. The third-order valence-corrected chi connectivity index (χ3v) is 1.01. The van der Waals surface area contributed by atoms with Gasteiger partial charge in [0.1, 0.15) is 17.5 Å². The number of halogens is 3. The van der Waals surface area contributed by atoms with Gasteiger partial charge in [-0.25, -0.2) is 13.2 Å². The van der Waals surface area contributed by atoms with Gasteiger partial charge in [-0.15, -0.1) is 0 Å². The molecule has 0 amide bonds. The van der Waals surface area contributed by atoms with Crippen molar-refractivity contribution in [3.05, 3.63) is 35.1 Å². The highest BCUT2D eigenvalue weighted by Crippen LogP contribution is 2.12. The lowest BCUT2D eigenvalue weighted by Crippen LogP contribution is -1.89. The van der Waals surface area contributed by atoms with E-state index in [1.165, 1.54) is 0 Å². The van der Waals surface area contributed by atoms with Crippen LogP contribution in [0.4, 0.5) is 13.2 Å². The van der Waals surface area contributed by atoms with Crippen molar-refractivity contribution in [2.75, 3.05) is 0 Å². The van der Waals surface area contributed by atoms with E-state index in [2.05, 4.69) is 0 Å². The van der Waals surface area contributed by atoms with Crippen LogP contribution in [-0.4, -0.2) is 0 Å². The summed E-state index contributed by atoms with van der Waals surface area (Å²) in [5.41, 5.74) is -1.08. The Morgan fingerprint density at radius 2 is 1.70 bits per heavy atom. The first-order chi connectivity index (χ1) is 5.82. The molecule has 0 aliphatic carbocycles. The Kier molecular flexibility index (Phi) is 0.932. The summed E-state index contributed by atoms with van der Waals surface area (Å²) >= 11 is 0. The highest BCUT2D eigenvalue weighted by atomic mass is 19.1. The maximum atomic E-state index is 12.8. The van der Waals surface area contributed by atoms with E-state index >= 15 is 0 Å². The molecule has 0 aliphatic rings. The molecular weight excluding hydrogens is 141 g/mol. The Morgan fingerprint density at radius 1 is 1.20 bits per heavy atom. The van der Waals surface area contributed by atoms with Crippen LogP contribution in [0.3, 0.4) is 0 Å². The van der Waals surface area contributed by atoms with Gasteiger partial charge in [-0.2, -0.15) is 0 Å². The second kappa shape index (κ2) is 2.33. The average Bonchev–Trinajstić information content (AvgIpc) is 1.78. The van der Waals surface area contributed by atoms with Gasteiger partial charge in [-0.3, -0.25) is 0 Å². The first kappa shape index (κ1) is 4.01. The van der Waals surface area contributed by atoms with Crippen LogP contribution in [0, 0.1) is 24.3 Å². The molecule has 0 heterocycles. The van der Waals surface area contributed by atoms with Crippen LogP contribution < -0.4 is 0 Å². The summed E-state index contributed by atoms with van der Waals surface area (Å²) in [6, 6.07) is 0.676. The van der Waals surface area contributed by atoms with Gasteiger partial charge in [0.2, 0.25) is 0 Å². The zero-order valence-corrected chi connectivity index (χ0v) is 4.79. The van der Waals surface area contributed by atoms with E-state index in [1.807, 2.05) is 0 Å². The van der Waals surface area contributed by atoms with Crippen molar-refractivity contribution < 1.29 is 17.3 Å². The predicted octanol–water partition coefficient (Wildman–Crippen LogP) is 2.41. The fourth-order valence-corrected chi connectivity index (χ4v) is 0.542. The van der Waals surface area contributed by atoms with E-state index in [0.717, 1.165) is 0 Å². The monoisotopic (exact) mass is 149 g/mol. The summed E-state index contributed by atoms with van der Waals surface area (Å²) in [7, 11) is 0. The van der Waals surface area contributed by atoms with Crippen LogP contribution in [0.1, 0.15) is 9.68 Å². The fourth-order valence-electron chi connectivity index (χ4n) is 0.542. The summed E-state index contributed by atoms with van der Waals surface area (Å²) in [5, 5.41) is 0. The van der Waals surface area contributed by atoms with Crippen LogP contribution in [-0.2, 0) is 0 Å². The molecule has 1 aromatic carbocycles. The fraction of sp³-hybridized carbons (Fsp3) is 0.143. The Hall–Kier alpha value is -0.990. The summed E-state index contributed by atoms with van der Waals surface area (Å²) in [6.45, 7) is -2.90. The van der Waals surface area contributed by atoms with Crippen LogP contribution >= 0.6 is 0 Å². The van der Waals surface area contributed by atoms with Gasteiger partial charge in [0, 0.05) is 21.8 Å². The van der Waals surface area contributed by atoms with Crippen LogP contribution in [0.2, 0.25) is 0 Å². The lowest BCUT2D eigenvalue weighted by atomic mass is 10.2. The maximum absolute atomic E-state index is 12.8. The highest BCUT2D eigenvalue weighted by molar-refractivity contribution is 5.18. The molecule has 10 heavy (non-hydrogen) atoms. The van der Waals surface area contributed by atoms with Gasteiger partial charge in [-0.1, -0.05) is 0 Å². The Morgan fingerprint density at radius 3 is 2.10 bits per heavy atom. The first-order valence-corrected chi connectivity index (χ1v) is 2.47. The number of benzene rings is 1. The molecule has 0 atom stereocenters.